The minimum absolute atomic E-state index is 0.00470. The third-order valence-electron chi connectivity index (χ3n) is 12.8. The van der Waals surface area contributed by atoms with Crippen LogP contribution in [0.15, 0.2) is 118 Å². The van der Waals surface area contributed by atoms with Crippen LogP contribution in [0.5, 0.6) is 0 Å². The van der Waals surface area contributed by atoms with Crippen molar-refractivity contribution < 1.29 is 8.83 Å². The maximum atomic E-state index is 10.7. The summed E-state index contributed by atoms with van der Waals surface area (Å²) < 4.78 is 15.1. The second-order valence-electron chi connectivity index (χ2n) is 21.4. The Hall–Kier alpha value is -6.98. The van der Waals surface area contributed by atoms with Crippen molar-refractivity contribution in [2.45, 2.75) is 105 Å². The predicted octanol–water partition coefficient (Wildman–Crippen LogP) is 15.3. The second kappa shape index (κ2) is 14.0. The number of furan rings is 2. The van der Waals surface area contributed by atoms with Crippen molar-refractivity contribution in [2.24, 2.45) is 0 Å². The molecular weight excluding hydrogens is 789 g/mol. The van der Waals surface area contributed by atoms with Gasteiger partial charge in [0.2, 0.25) is 5.95 Å². The highest BCUT2D eigenvalue weighted by atomic mass is 16.3. The van der Waals surface area contributed by atoms with E-state index >= 15 is 0 Å². The number of anilines is 3. The van der Waals surface area contributed by atoms with Gasteiger partial charge in [-0.25, -0.2) is 15.0 Å². The number of benzene rings is 5. The summed E-state index contributed by atoms with van der Waals surface area (Å²) in [5.41, 5.74) is 12.4. The molecule has 0 aliphatic rings. The molecule has 0 saturated heterocycles. The van der Waals surface area contributed by atoms with Crippen molar-refractivity contribution in [3.63, 3.8) is 0 Å². The summed E-state index contributed by atoms with van der Waals surface area (Å²) in [6, 6.07) is 39.1. The lowest BCUT2D eigenvalue weighted by Crippen LogP contribution is -2.16. The molecule has 0 atom stereocenters. The van der Waals surface area contributed by atoms with E-state index in [2.05, 4.69) is 184 Å². The molecule has 0 fully saturated rings. The van der Waals surface area contributed by atoms with E-state index in [-0.39, 0.29) is 21.7 Å². The van der Waals surface area contributed by atoms with E-state index in [4.69, 9.17) is 23.8 Å². The number of aromatic nitrogens is 4. The summed E-state index contributed by atoms with van der Waals surface area (Å²) in [6.45, 7) is 26.8. The summed E-state index contributed by atoms with van der Waals surface area (Å²) in [7, 11) is 0. The van der Waals surface area contributed by atoms with E-state index in [1.165, 1.54) is 33.0 Å². The number of nitrogens with zero attached hydrogens (tertiary/aromatic N) is 6. The average molecular weight is 843 g/mol. The summed E-state index contributed by atoms with van der Waals surface area (Å²) in [4.78, 5) is 17.6. The molecular formula is C56H54N6O2. The maximum absolute atomic E-state index is 10.7. The summed E-state index contributed by atoms with van der Waals surface area (Å²) in [6.07, 6.45) is 1.70. The van der Waals surface area contributed by atoms with Gasteiger partial charge in [0.25, 0.3) is 0 Å². The third-order valence-corrected chi connectivity index (χ3v) is 12.8. The van der Waals surface area contributed by atoms with Gasteiger partial charge in [-0.2, -0.15) is 5.26 Å². The molecule has 0 N–H and O–H groups in total. The fourth-order valence-corrected chi connectivity index (χ4v) is 8.91. The van der Waals surface area contributed by atoms with E-state index < -0.39 is 0 Å². The largest absolute Gasteiger partial charge is 0.453 e. The van der Waals surface area contributed by atoms with E-state index in [1.807, 2.05) is 18.2 Å². The van der Waals surface area contributed by atoms with Crippen molar-refractivity contribution in [3.05, 3.63) is 137 Å². The number of nitriles is 1. The first-order valence-corrected chi connectivity index (χ1v) is 22.2. The quantitative estimate of drug-likeness (QED) is 0.174. The molecule has 0 spiro atoms. The first kappa shape index (κ1) is 41.1. The van der Waals surface area contributed by atoms with Gasteiger partial charge in [0, 0.05) is 32.9 Å². The third kappa shape index (κ3) is 6.68. The molecule has 10 aromatic rings. The number of hydrogen-bond acceptors (Lipinski definition) is 7. The summed E-state index contributed by atoms with van der Waals surface area (Å²) in [5.74, 6) is 1.24. The first-order chi connectivity index (χ1) is 30.2. The molecule has 8 heteroatoms. The molecule has 8 nitrogen and oxygen atoms in total. The molecule has 5 aromatic heterocycles. The lowest BCUT2D eigenvalue weighted by molar-refractivity contribution is 0.590. The number of fused-ring (bicyclic) bond motifs is 9. The van der Waals surface area contributed by atoms with Gasteiger partial charge in [-0.1, -0.05) is 119 Å². The van der Waals surface area contributed by atoms with Crippen LogP contribution in [-0.4, -0.2) is 19.5 Å². The number of hydrogen-bond donors (Lipinski definition) is 0. The molecule has 5 heterocycles. The normalized spacial score (nSPS) is 13.0. The smallest absolute Gasteiger partial charge is 0.235 e. The van der Waals surface area contributed by atoms with Gasteiger partial charge in [0.1, 0.15) is 28.5 Å². The molecule has 320 valence electrons. The van der Waals surface area contributed by atoms with Crippen molar-refractivity contribution in [2.75, 3.05) is 4.90 Å². The van der Waals surface area contributed by atoms with Crippen molar-refractivity contribution in [1.82, 2.24) is 19.5 Å². The Kier molecular flexibility index (Phi) is 8.99. The Labute approximate surface area is 374 Å². The highest BCUT2D eigenvalue weighted by Crippen LogP contribution is 2.43. The van der Waals surface area contributed by atoms with Crippen LogP contribution < -0.4 is 4.90 Å². The van der Waals surface area contributed by atoms with Crippen molar-refractivity contribution in [3.8, 4) is 11.9 Å². The zero-order valence-electron chi connectivity index (χ0n) is 38.9. The minimum atomic E-state index is -0.0163. The van der Waals surface area contributed by atoms with E-state index in [0.29, 0.717) is 55.6 Å². The first-order valence-electron chi connectivity index (χ1n) is 22.2. The zero-order chi connectivity index (χ0) is 45.2. The second-order valence-corrected chi connectivity index (χ2v) is 21.4. The van der Waals surface area contributed by atoms with E-state index in [0.717, 1.165) is 28.2 Å². The van der Waals surface area contributed by atoms with Gasteiger partial charge in [-0.3, -0.25) is 9.47 Å². The molecule has 0 radical (unpaired) electrons. The highest BCUT2D eigenvalue weighted by Gasteiger charge is 2.26. The standard InChI is InChI=1S/C56H54N6O2/c1-53(2,3)32-13-19-36(20-14-32)61(37-21-15-33(16-22-37)54(4,5)6)52-58-31-46-49(60-52)41-29-40-48-45(63-50(40)42(30-57)51(41)64-46)25-26-47(59-48)62-43-23-17-34(55(7,8)9)27-38(43)39-28-35(56(10,11)12)18-24-44(39)62/h13-29,31H,1-12H3. The Bertz CT molecular complexity index is 3400. The van der Waals surface area contributed by atoms with Crippen LogP contribution in [0.2, 0.25) is 0 Å². The lowest BCUT2D eigenvalue weighted by atomic mass is 9.85. The maximum Gasteiger partial charge on any atom is 0.235 e. The fourth-order valence-electron chi connectivity index (χ4n) is 8.91. The fraction of sp³-hybridized carbons (Fsp3) is 0.286. The molecule has 5 aromatic carbocycles. The Morgan fingerprint density at radius 1 is 0.500 bits per heavy atom. The highest BCUT2D eigenvalue weighted by molar-refractivity contribution is 6.16. The molecule has 0 aliphatic carbocycles. The van der Waals surface area contributed by atoms with Crippen molar-refractivity contribution in [1.29, 1.82) is 5.26 Å². The van der Waals surface area contributed by atoms with Gasteiger partial charge in [0.05, 0.1) is 17.2 Å². The van der Waals surface area contributed by atoms with Crippen LogP contribution >= 0.6 is 0 Å². The van der Waals surface area contributed by atoms with Gasteiger partial charge >= 0.3 is 0 Å². The molecule has 0 amide bonds. The molecule has 0 unspecified atom stereocenters. The monoisotopic (exact) mass is 842 g/mol. The number of pyridine rings is 1. The van der Waals surface area contributed by atoms with Crippen LogP contribution in [-0.2, 0) is 21.7 Å². The lowest BCUT2D eigenvalue weighted by Gasteiger charge is -2.26. The van der Waals surface area contributed by atoms with Gasteiger partial charge < -0.3 is 8.83 Å². The predicted molar refractivity (Wildman–Crippen MR) is 263 cm³/mol. The van der Waals surface area contributed by atoms with Crippen LogP contribution in [0.3, 0.4) is 0 Å². The Morgan fingerprint density at radius 3 is 1.42 bits per heavy atom. The van der Waals surface area contributed by atoms with E-state index in [9.17, 15) is 5.26 Å². The molecule has 0 saturated carbocycles. The van der Waals surface area contributed by atoms with Crippen LogP contribution in [0.4, 0.5) is 17.3 Å². The molecule has 10 rings (SSSR count). The average Bonchev–Trinajstić information content (AvgIpc) is 3.90. The van der Waals surface area contributed by atoms with Gasteiger partial charge in [-0.15, -0.1) is 0 Å². The Morgan fingerprint density at radius 2 is 0.953 bits per heavy atom. The topological polar surface area (TPSA) is 96.9 Å². The van der Waals surface area contributed by atoms with Crippen LogP contribution in [0.1, 0.15) is 111 Å². The molecule has 0 aliphatic heterocycles. The summed E-state index contributed by atoms with van der Waals surface area (Å²) in [5, 5.41) is 14.5. The van der Waals surface area contributed by atoms with Gasteiger partial charge in [-0.05, 0) is 111 Å². The van der Waals surface area contributed by atoms with Crippen LogP contribution in [0.25, 0.3) is 71.8 Å². The Balaban J connectivity index is 1.17. The van der Waals surface area contributed by atoms with E-state index in [1.54, 1.807) is 6.20 Å². The van der Waals surface area contributed by atoms with Gasteiger partial charge in [0.15, 0.2) is 22.3 Å². The molecule has 64 heavy (non-hydrogen) atoms. The molecule has 0 bridgehead atoms. The zero-order valence-corrected chi connectivity index (χ0v) is 38.9. The van der Waals surface area contributed by atoms with Crippen LogP contribution in [0, 0.1) is 11.3 Å². The SMILES string of the molecule is CC(C)(C)c1ccc(N(c2ccc(C(C)(C)C)cc2)c2ncc3oc4c(C#N)c5oc6ccc(-n7c8ccc(C(C)(C)C)cc8c8cc(C(C)(C)C)ccc87)nc6c5cc4c3n2)cc1. The minimum Gasteiger partial charge on any atom is -0.453 e. The summed E-state index contributed by atoms with van der Waals surface area (Å²) >= 11 is 0. The number of rotatable bonds is 4. The van der Waals surface area contributed by atoms with Crippen molar-refractivity contribution >= 4 is 83.3 Å².